The molecule has 2 N–H and O–H groups in total. The number of aromatic nitrogens is 2. The molecule has 0 spiro atoms. The quantitative estimate of drug-likeness (QED) is 0.489. The molecule has 0 radical (unpaired) electrons. The van der Waals surface area contributed by atoms with Crippen molar-refractivity contribution in [2.75, 3.05) is 12.4 Å². The van der Waals surface area contributed by atoms with Crippen molar-refractivity contribution in [3.63, 3.8) is 0 Å². The van der Waals surface area contributed by atoms with Crippen LogP contribution in [0.3, 0.4) is 0 Å². The molecule has 2 heterocycles. The van der Waals surface area contributed by atoms with Gasteiger partial charge in [-0.2, -0.15) is 0 Å². The van der Waals surface area contributed by atoms with Gasteiger partial charge in [-0.25, -0.2) is 4.98 Å². The highest BCUT2D eigenvalue weighted by molar-refractivity contribution is 9.10. The summed E-state index contributed by atoms with van der Waals surface area (Å²) in [5.41, 5.74) is 2.36. The van der Waals surface area contributed by atoms with E-state index in [-0.39, 0.29) is 5.43 Å². The number of ether oxygens (including phenoxy) is 1. The van der Waals surface area contributed by atoms with Gasteiger partial charge in [0.15, 0.2) is 17.6 Å². The van der Waals surface area contributed by atoms with Crippen LogP contribution in [0.2, 0.25) is 0 Å². The first kappa shape index (κ1) is 17.4. The molecule has 6 nitrogen and oxygen atoms in total. The Morgan fingerprint density at radius 1 is 1.26 bits per heavy atom. The second-order valence-corrected chi connectivity index (χ2v) is 6.81. The molecule has 7 heteroatoms. The van der Waals surface area contributed by atoms with E-state index in [0.717, 1.165) is 10.0 Å². The molecule has 4 aromatic rings. The number of hydrogen-bond acceptors (Lipinski definition) is 5. The van der Waals surface area contributed by atoms with E-state index in [1.54, 1.807) is 31.5 Å². The van der Waals surface area contributed by atoms with Gasteiger partial charge in [-0.05, 0) is 17.7 Å². The van der Waals surface area contributed by atoms with E-state index in [0.29, 0.717) is 40.3 Å². The maximum atomic E-state index is 12.6. The largest absolute Gasteiger partial charge is 0.496 e. The van der Waals surface area contributed by atoms with Crippen LogP contribution in [0.15, 0.2) is 68.7 Å². The predicted molar refractivity (Wildman–Crippen MR) is 108 cm³/mol. The van der Waals surface area contributed by atoms with Crippen molar-refractivity contribution < 1.29 is 9.15 Å². The molecule has 136 valence electrons. The smallest absolute Gasteiger partial charge is 0.191 e. The molecule has 4 rings (SSSR count). The van der Waals surface area contributed by atoms with Crippen LogP contribution in [0, 0.1) is 0 Å². The predicted octanol–water partition coefficient (Wildman–Crippen LogP) is 4.57. The lowest BCUT2D eigenvalue weighted by atomic mass is 10.1. The Bertz CT molecular complexity index is 1150. The lowest BCUT2D eigenvalue weighted by molar-refractivity contribution is 0.415. The molecule has 0 fully saturated rings. The van der Waals surface area contributed by atoms with Crippen LogP contribution in [0.5, 0.6) is 5.75 Å². The lowest BCUT2D eigenvalue weighted by Crippen LogP contribution is -2.08. The summed E-state index contributed by atoms with van der Waals surface area (Å²) in [5, 5.41) is 3.81. The van der Waals surface area contributed by atoms with Gasteiger partial charge in [-0.3, -0.25) is 4.79 Å². The van der Waals surface area contributed by atoms with Gasteiger partial charge in [0.05, 0.1) is 24.4 Å². The first-order valence-electron chi connectivity index (χ1n) is 8.27. The van der Waals surface area contributed by atoms with Crippen LogP contribution in [-0.4, -0.2) is 17.1 Å². The third-order valence-electron chi connectivity index (χ3n) is 4.27. The molecule has 0 bridgehead atoms. The zero-order valence-electron chi connectivity index (χ0n) is 14.5. The summed E-state index contributed by atoms with van der Waals surface area (Å²) in [6.07, 6.45) is 2.93. The summed E-state index contributed by atoms with van der Waals surface area (Å²) in [4.78, 5) is 19.8. The molecule has 0 unspecified atom stereocenters. The van der Waals surface area contributed by atoms with Gasteiger partial charge in [0.2, 0.25) is 0 Å². The Kier molecular flexibility index (Phi) is 4.68. The van der Waals surface area contributed by atoms with Crippen LogP contribution in [-0.2, 0) is 6.54 Å². The molecular formula is C20H16BrN3O3. The first-order chi connectivity index (χ1) is 13.2. The number of fused-ring (bicyclic) bond motifs is 1. The molecule has 0 aliphatic rings. The molecule has 0 atom stereocenters. The molecule has 0 amide bonds. The van der Waals surface area contributed by atoms with Crippen molar-refractivity contribution in [3.05, 3.63) is 75.3 Å². The number of benzene rings is 2. The summed E-state index contributed by atoms with van der Waals surface area (Å²) in [6.45, 7) is 0.580. The fraction of sp³-hybridized carbons (Fsp3) is 0.100. The average molecular weight is 426 g/mol. The van der Waals surface area contributed by atoms with Gasteiger partial charge in [0, 0.05) is 28.5 Å². The van der Waals surface area contributed by atoms with Gasteiger partial charge < -0.3 is 19.5 Å². The number of anilines is 1. The molecule has 0 saturated carbocycles. The zero-order valence-corrected chi connectivity index (χ0v) is 16.0. The maximum absolute atomic E-state index is 12.6. The van der Waals surface area contributed by atoms with Crippen LogP contribution < -0.4 is 15.5 Å². The minimum atomic E-state index is -0.0956. The second kappa shape index (κ2) is 7.28. The minimum absolute atomic E-state index is 0.0956. The standard InChI is InChI=1S/C20H16BrN3O3/c1-26-18-7-16-13(6-14(18)19-10-22-11-27-19)17(25)8-20(24-16)23-9-12-4-2-3-5-15(12)21/h2-8,10-11H,9H2,1H3,(H2,23,24,25). The molecule has 2 aromatic heterocycles. The second-order valence-electron chi connectivity index (χ2n) is 5.96. The summed E-state index contributed by atoms with van der Waals surface area (Å²) in [6, 6.07) is 13.0. The Labute approximate surface area is 163 Å². The van der Waals surface area contributed by atoms with E-state index in [2.05, 4.69) is 31.2 Å². The fourth-order valence-electron chi connectivity index (χ4n) is 2.91. The third-order valence-corrected chi connectivity index (χ3v) is 5.05. The highest BCUT2D eigenvalue weighted by Gasteiger charge is 2.13. The number of methoxy groups -OCH3 is 1. The van der Waals surface area contributed by atoms with E-state index in [9.17, 15) is 4.79 Å². The third kappa shape index (κ3) is 3.46. The Balaban J connectivity index is 1.72. The van der Waals surface area contributed by atoms with Crippen LogP contribution in [0.1, 0.15) is 5.56 Å². The van der Waals surface area contributed by atoms with Gasteiger partial charge in [0.25, 0.3) is 0 Å². The van der Waals surface area contributed by atoms with Gasteiger partial charge in [0.1, 0.15) is 11.6 Å². The zero-order chi connectivity index (χ0) is 18.8. The number of halogens is 1. The SMILES string of the molecule is COc1cc2[nH]c(NCc3ccccc3Br)cc(=O)c2cc1-c1cnco1. The highest BCUT2D eigenvalue weighted by Crippen LogP contribution is 2.32. The fourth-order valence-corrected chi connectivity index (χ4v) is 3.34. The molecule has 27 heavy (non-hydrogen) atoms. The van der Waals surface area contributed by atoms with E-state index < -0.39 is 0 Å². The van der Waals surface area contributed by atoms with E-state index in [4.69, 9.17) is 9.15 Å². The summed E-state index contributed by atoms with van der Waals surface area (Å²) < 4.78 is 11.8. The van der Waals surface area contributed by atoms with Crippen molar-refractivity contribution in [1.82, 2.24) is 9.97 Å². The number of nitrogens with zero attached hydrogens (tertiary/aromatic N) is 1. The number of hydrogen-bond donors (Lipinski definition) is 2. The van der Waals surface area contributed by atoms with E-state index >= 15 is 0 Å². The van der Waals surface area contributed by atoms with Crippen molar-refractivity contribution >= 4 is 32.7 Å². The molecule has 0 aliphatic carbocycles. The van der Waals surface area contributed by atoms with Crippen LogP contribution in [0.4, 0.5) is 5.82 Å². The monoisotopic (exact) mass is 425 g/mol. The highest BCUT2D eigenvalue weighted by atomic mass is 79.9. The van der Waals surface area contributed by atoms with Crippen molar-refractivity contribution in [1.29, 1.82) is 0 Å². The van der Waals surface area contributed by atoms with Crippen LogP contribution in [0.25, 0.3) is 22.2 Å². The Morgan fingerprint density at radius 2 is 2.11 bits per heavy atom. The molecule has 0 aliphatic heterocycles. The average Bonchev–Trinajstić information content (AvgIpc) is 3.21. The lowest BCUT2D eigenvalue weighted by Gasteiger charge is -2.11. The van der Waals surface area contributed by atoms with Gasteiger partial charge in [-0.15, -0.1) is 0 Å². The normalized spacial score (nSPS) is 10.9. The maximum Gasteiger partial charge on any atom is 0.191 e. The molecule has 0 saturated heterocycles. The number of aromatic amines is 1. The van der Waals surface area contributed by atoms with E-state index in [1.807, 2.05) is 24.3 Å². The number of nitrogens with one attached hydrogen (secondary N) is 2. The van der Waals surface area contributed by atoms with Crippen molar-refractivity contribution in [2.24, 2.45) is 0 Å². The number of H-pyrrole nitrogens is 1. The summed E-state index contributed by atoms with van der Waals surface area (Å²) in [5.74, 6) is 1.78. The number of pyridine rings is 1. The number of rotatable bonds is 5. The minimum Gasteiger partial charge on any atom is -0.496 e. The summed E-state index contributed by atoms with van der Waals surface area (Å²) >= 11 is 3.53. The Hall–Kier alpha value is -3.06. The van der Waals surface area contributed by atoms with Crippen LogP contribution >= 0.6 is 15.9 Å². The number of oxazole rings is 1. The first-order valence-corrected chi connectivity index (χ1v) is 9.06. The molecular weight excluding hydrogens is 410 g/mol. The van der Waals surface area contributed by atoms with E-state index in [1.165, 1.54) is 6.39 Å². The van der Waals surface area contributed by atoms with Gasteiger partial charge in [-0.1, -0.05) is 34.1 Å². The molecule has 2 aromatic carbocycles. The Morgan fingerprint density at radius 3 is 2.85 bits per heavy atom. The van der Waals surface area contributed by atoms with Crippen molar-refractivity contribution in [3.8, 4) is 17.1 Å². The summed E-state index contributed by atoms with van der Waals surface area (Å²) in [7, 11) is 1.58. The van der Waals surface area contributed by atoms with Gasteiger partial charge >= 0.3 is 0 Å². The topological polar surface area (TPSA) is 80.1 Å². The van der Waals surface area contributed by atoms with Crippen molar-refractivity contribution in [2.45, 2.75) is 6.54 Å².